The molecule has 2 fully saturated rings. The summed E-state index contributed by atoms with van der Waals surface area (Å²) >= 11 is 0. The maximum atomic E-state index is 4.75. The first kappa shape index (κ1) is 13.1. The molecule has 2 aliphatic carbocycles. The third-order valence-corrected chi connectivity index (χ3v) is 6.01. The summed E-state index contributed by atoms with van der Waals surface area (Å²) in [7, 11) is 0. The third-order valence-electron chi connectivity index (χ3n) is 6.01. The van der Waals surface area contributed by atoms with Gasteiger partial charge in [-0.05, 0) is 48.1 Å². The number of rotatable bonds is 2. The number of aromatic nitrogens is 2. The Labute approximate surface area is 126 Å². The first-order valence-electron chi connectivity index (χ1n) is 7.97. The minimum atomic E-state index is 0.334. The van der Waals surface area contributed by atoms with Gasteiger partial charge in [-0.25, -0.2) is 4.98 Å². The van der Waals surface area contributed by atoms with Crippen molar-refractivity contribution in [2.45, 2.75) is 46.1 Å². The maximum Gasteiger partial charge on any atom is 0.145 e. The predicted octanol–water partition coefficient (Wildman–Crippen LogP) is 4.26. The largest absolute Gasteiger partial charge is 0.365 e. The van der Waals surface area contributed by atoms with Gasteiger partial charge in [-0.15, -0.1) is 0 Å². The van der Waals surface area contributed by atoms with Crippen molar-refractivity contribution < 1.29 is 0 Å². The molecule has 0 saturated heterocycles. The molecule has 0 aliphatic heterocycles. The lowest BCUT2D eigenvalue weighted by atomic mass is 9.68. The molecule has 3 nitrogen and oxygen atoms in total. The van der Waals surface area contributed by atoms with E-state index in [1.54, 1.807) is 0 Å². The van der Waals surface area contributed by atoms with Crippen LogP contribution in [-0.4, -0.2) is 16.0 Å². The summed E-state index contributed by atoms with van der Waals surface area (Å²) in [6, 6.07) is 8.54. The van der Waals surface area contributed by atoms with Crippen LogP contribution in [0.15, 0.2) is 30.5 Å². The number of hydrogen-bond acceptors (Lipinski definition) is 3. The van der Waals surface area contributed by atoms with Crippen molar-refractivity contribution in [3.05, 3.63) is 30.5 Å². The summed E-state index contributed by atoms with van der Waals surface area (Å²) in [4.78, 5) is 9.28. The van der Waals surface area contributed by atoms with Crippen LogP contribution >= 0.6 is 0 Å². The molecule has 2 aromatic rings. The number of benzene rings is 1. The maximum absolute atomic E-state index is 4.75. The lowest BCUT2D eigenvalue weighted by Crippen LogP contribution is -2.46. The molecule has 0 radical (unpaired) electrons. The lowest BCUT2D eigenvalue weighted by Gasteiger charge is -2.43. The van der Waals surface area contributed by atoms with Crippen LogP contribution in [0.5, 0.6) is 0 Å². The predicted molar refractivity (Wildman–Crippen MR) is 86.2 cm³/mol. The Morgan fingerprint density at radius 2 is 1.90 bits per heavy atom. The van der Waals surface area contributed by atoms with Crippen LogP contribution in [0.25, 0.3) is 11.0 Å². The molecule has 1 aromatic heterocycles. The molecule has 2 aliphatic rings. The van der Waals surface area contributed by atoms with Crippen LogP contribution in [0.3, 0.4) is 0 Å². The zero-order valence-corrected chi connectivity index (χ0v) is 13.1. The van der Waals surface area contributed by atoms with Gasteiger partial charge in [0.1, 0.15) is 5.82 Å². The highest BCUT2D eigenvalue weighted by molar-refractivity contribution is 5.75. The molecule has 21 heavy (non-hydrogen) atoms. The molecule has 1 N–H and O–H groups in total. The molecule has 1 aromatic carbocycles. The van der Waals surface area contributed by atoms with E-state index in [-0.39, 0.29) is 0 Å². The summed E-state index contributed by atoms with van der Waals surface area (Å²) < 4.78 is 0. The van der Waals surface area contributed by atoms with Gasteiger partial charge in [-0.2, -0.15) is 0 Å². The van der Waals surface area contributed by atoms with Gasteiger partial charge in [0.15, 0.2) is 0 Å². The fourth-order valence-corrected chi connectivity index (χ4v) is 4.84. The van der Waals surface area contributed by atoms with Crippen LogP contribution in [0.2, 0.25) is 0 Å². The molecule has 3 unspecified atom stereocenters. The molecule has 2 bridgehead atoms. The number of hydrogen-bond donors (Lipinski definition) is 1. The van der Waals surface area contributed by atoms with Crippen molar-refractivity contribution in [2.24, 2.45) is 16.7 Å². The minimum Gasteiger partial charge on any atom is -0.365 e. The van der Waals surface area contributed by atoms with E-state index in [1.165, 1.54) is 19.3 Å². The Morgan fingerprint density at radius 1 is 1.14 bits per heavy atom. The van der Waals surface area contributed by atoms with E-state index in [4.69, 9.17) is 4.98 Å². The van der Waals surface area contributed by atoms with Crippen molar-refractivity contribution in [3.63, 3.8) is 0 Å². The summed E-state index contributed by atoms with van der Waals surface area (Å²) in [5.74, 6) is 1.76. The average molecular weight is 281 g/mol. The second-order valence-electron chi connectivity index (χ2n) is 7.74. The van der Waals surface area contributed by atoms with Crippen LogP contribution in [0.1, 0.15) is 40.0 Å². The minimum absolute atomic E-state index is 0.334. The highest BCUT2D eigenvalue weighted by Gasteiger charge is 2.59. The molecule has 3 heteroatoms. The summed E-state index contributed by atoms with van der Waals surface area (Å²) in [6.07, 6.45) is 5.94. The molecule has 110 valence electrons. The van der Waals surface area contributed by atoms with E-state index in [0.29, 0.717) is 16.9 Å². The molecule has 2 saturated carbocycles. The smallest absolute Gasteiger partial charge is 0.145 e. The monoisotopic (exact) mass is 281 g/mol. The Kier molecular flexibility index (Phi) is 2.60. The zero-order chi connectivity index (χ0) is 14.7. The summed E-state index contributed by atoms with van der Waals surface area (Å²) in [6.45, 7) is 7.26. The van der Waals surface area contributed by atoms with E-state index in [9.17, 15) is 0 Å². The van der Waals surface area contributed by atoms with Crippen molar-refractivity contribution in [1.29, 1.82) is 0 Å². The number of nitrogens with one attached hydrogen (secondary N) is 1. The molecule has 0 spiro atoms. The van der Waals surface area contributed by atoms with Crippen LogP contribution in [0, 0.1) is 16.7 Å². The Hall–Kier alpha value is -1.64. The van der Waals surface area contributed by atoms with Gasteiger partial charge >= 0.3 is 0 Å². The standard InChI is InChI=1S/C18H23N3/c1-17(2)12-8-9-18(3,10-12)16(17)21-15-11-19-13-6-4-5-7-14(13)20-15/h4-7,11-12,16H,8-10H2,1-3H3,(H,20,21). The number of anilines is 1. The zero-order valence-electron chi connectivity index (χ0n) is 13.1. The van der Waals surface area contributed by atoms with Gasteiger partial charge in [-0.3, -0.25) is 4.98 Å². The molecule has 4 rings (SSSR count). The summed E-state index contributed by atoms with van der Waals surface area (Å²) in [5.41, 5.74) is 2.66. The third kappa shape index (κ3) is 1.86. The van der Waals surface area contributed by atoms with Gasteiger partial charge in [0.25, 0.3) is 0 Å². The topological polar surface area (TPSA) is 37.8 Å². The summed E-state index contributed by atoms with van der Waals surface area (Å²) in [5, 5.41) is 3.72. The van der Waals surface area contributed by atoms with E-state index in [0.717, 1.165) is 22.8 Å². The van der Waals surface area contributed by atoms with Crippen molar-refractivity contribution in [1.82, 2.24) is 9.97 Å². The van der Waals surface area contributed by atoms with Crippen LogP contribution < -0.4 is 5.32 Å². The Bertz CT molecular complexity index is 689. The van der Waals surface area contributed by atoms with E-state index in [1.807, 2.05) is 30.5 Å². The van der Waals surface area contributed by atoms with Crippen LogP contribution in [-0.2, 0) is 0 Å². The highest BCUT2D eigenvalue weighted by Crippen LogP contribution is 2.63. The highest BCUT2D eigenvalue weighted by atomic mass is 15.1. The van der Waals surface area contributed by atoms with Gasteiger partial charge in [0, 0.05) is 6.04 Å². The first-order chi connectivity index (χ1) is 9.99. The van der Waals surface area contributed by atoms with Crippen molar-refractivity contribution in [3.8, 4) is 0 Å². The van der Waals surface area contributed by atoms with E-state index >= 15 is 0 Å². The fourth-order valence-electron chi connectivity index (χ4n) is 4.84. The average Bonchev–Trinajstić information content (AvgIpc) is 2.95. The fraction of sp³-hybridized carbons (Fsp3) is 0.556. The second kappa shape index (κ2) is 4.19. The number of fused-ring (bicyclic) bond motifs is 3. The van der Waals surface area contributed by atoms with Crippen molar-refractivity contribution >= 4 is 16.9 Å². The number of nitrogens with zero attached hydrogens (tertiary/aromatic N) is 2. The Balaban J connectivity index is 1.68. The Morgan fingerprint density at radius 3 is 2.62 bits per heavy atom. The van der Waals surface area contributed by atoms with Gasteiger partial charge in [0.05, 0.1) is 17.2 Å². The van der Waals surface area contributed by atoms with Gasteiger partial charge in [-0.1, -0.05) is 32.9 Å². The molecule has 3 atom stereocenters. The molecular weight excluding hydrogens is 258 g/mol. The van der Waals surface area contributed by atoms with E-state index in [2.05, 4.69) is 31.1 Å². The molecular formula is C18H23N3. The first-order valence-corrected chi connectivity index (χ1v) is 7.97. The normalized spacial score (nSPS) is 33.5. The van der Waals surface area contributed by atoms with Gasteiger partial charge in [0.2, 0.25) is 0 Å². The second-order valence-corrected chi connectivity index (χ2v) is 7.74. The lowest BCUT2D eigenvalue weighted by molar-refractivity contribution is 0.155. The SMILES string of the molecule is CC12CCC(C1)C(C)(C)C2Nc1cnc2ccccc2n1. The van der Waals surface area contributed by atoms with Crippen molar-refractivity contribution in [2.75, 3.05) is 5.32 Å². The number of para-hydroxylation sites is 2. The quantitative estimate of drug-likeness (QED) is 0.894. The van der Waals surface area contributed by atoms with Crippen LogP contribution in [0.4, 0.5) is 5.82 Å². The van der Waals surface area contributed by atoms with E-state index < -0.39 is 0 Å². The molecule has 0 amide bonds. The van der Waals surface area contributed by atoms with Gasteiger partial charge < -0.3 is 5.32 Å². The molecule has 1 heterocycles.